The maximum atomic E-state index is 12.0. The lowest BCUT2D eigenvalue weighted by Crippen LogP contribution is -2.13. The van der Waals surface area contributed by atoms with Gasteiger partial charge in [-0.25, -0.2) is 4.98 Å². The zero-order chi connectivity index (χ0) is 14.8. The van der Waals surface area contributed by atoms with E-state index in [-0.39, 0.29) is 11.7 Å². The number of amides is 1. The van der Waals surface area contributed by atoms with E-state index in [1.165, 1.54) is 0 Å². The molecule has 0 aliphatic rings. The first kappa shape index (κ1) is 13.0. The van der Waals surface area contributed by atoms with Crippen LogP contribution >= 0.6 is 0 Å². The molecule has 2 aromatic heterocycles. The average Bonchev–Trinajstić information content (AvgIpc) is 3.08. The summed E-state index contributed by atoms with van der Waals surface area (Å²) in [5.41, 5.74) is 1.50. The number of rotatable bonds is 3. The highest BCUT2D eigenvalue weighted by Crippen LogP contribution is 2.20. The van der Waals surface area contributed by atoms with Gasteiger partial charge in [-0.3, -0.25) is 9.89 Å². The topological polar surface area (TPSA) is 101 Å². The van der Waals surface area contributed by atoms with Crippen molar-refractivity contribution in [1.82, 2.24) is 29.9 Å². The Morgan fingerprint density at radius 1 is 1.38 bits per heavy atom. The Labute approximate surface area is 120 Å². The Balaban J connectivity index is 1.84. The fourth-order valence-electron chi connectivity index (χ4n) is 1.91. The second-order valence-corrected chi connectivity index (χ2v) is 4.54. The van der Waals surface area contributed by atoms with Crippen molar-refractivity contribution >= 4 is 11.6 Å². The number of carbonyl (C=O) groups excluding carboxylic acids is 1. The summed E-state index contributed by atoms with van der Waals surface area (Å²) in [5, 5.41) is 17.1. The predicted molar refractivity (Wildman–Crippen MR) is 75.5 cm³/mol. The maximum Gasteiger partial charge on any atom is 0.295 e. The number of carbonyl (C=O) groups is 1. The molecule has 0 spiro atoms. The highest BCUT2D eigenvalue weighted by molar-refractivity contribution is 6.01. The van der Waals surface area contributed by atoms with Gasteiger partial charge in [0.1, 0.15) is 12.2 Å². The third kappa shape index (κ3) is 2.64. The Bertz CT molecular complexity index is 789. The van der Waals surface area contributed by atoms with Gasteiger partial charge in [0.25, 0.3) is 5.91 Å². The monoisotopic (exact) mass is 283 g/mol. The lowest BCUT2D eigenvalue weighted by atomic mass is 10.2. The van der Waals surface area contributed by atoms with E-state index in [2.05, 4.69) is 30.7 Å². The van der Waals surface area contributed by atoms with Crippen LogP contribution in [0.15, 0.2) is 30.6 Å². The third-order valence-electron chi connectivity index (χ3n) is 2.89. The molecule has 0 aliphatic carbocycles. The predicted octanol–water partition coefficient (Wildman–Crippen LogP) is 1.16. The molecular weight excluding hydrogens is 270 g/mol. The molecular formula is C13H13N7O. The van der Waals surface area contributed by atoms with E-state index in [1.807, 2.05) is 25.2 Å². The summed E-state index contributed by atoms with van der Waals surface area (Å²) in [6.07, 6.45) is 1.62. The zero-order valence-corrected chi connectivity index (χ0v) is 11.5. The summed E-state index contributed by atoms with van der Waals surface area (Å²) < 4.78 is 1.81. The largest absolute Gasteiger partial charge is 0.319 e. The third-order valence-corrected chi connectivity index (χ3v) is 2.89. The number of hydrogen-bond acceptors (Lipinski definition) is 5. The van der Waals surface area contributed by atoms with Gasteiger partial charge in [-0.05, 0) is 19.1 Å². The van der Waals surface area contributed by atoms with Crippen molar-refractivity contribution in [2.24, 2.45) is 7.05 Å². The number of hydrogen-bond donors (Lipinski definition) is 2. The van der Waals surface area contributed by atoms with Crippen molar-refractivity contribution in [2.75, 3.05) is 5.32 Å². The normalized spacial score (nSPS) is 10.6. The maximum absolute atomic E-state index is 12.0. The van der Waals surface area contributed by atoms with Crippen molar-refractivity contribution in [3.05, 3.63) is 42.2 Å². The number of benzene rings is 1. The molecule has 0 atom stereocenters. The highest BCUT2D eigenvalue weighted by atomic mass is 16.2. The van der Waals surface area contributed by atoms with Gasteiger partial charge in [-0.2, -0.15) is 0 Å². The van der Waals surface area contributed by atoms with Crippen LogP contribution in [0.1, 0.15) is 16.4 Å². The molecule has 0 saturated heterocycles. The first-order valence-corrected chi connectivity index (χ1v) is 6.28. The number of aromatic nitrogens is 6. The summed E-state index contributed by atoms with van der Waals surface area (Å²) in [4.78, 5) is 16.0. The molecule has 106 valence electrons. The molecule has 0 fully saturated rings. The van der Waals surface area contributed by atoms with Crippen molar-refractivity contribution in [3.63, 3.8) is 0 Å². The van der Waals surface area contributed by atoms with E-state index in [0.29, 0.717) is 11.5 Å². The second-order valence-electron chi connectivity index (χ2n) is 4.54. The molecule has 1 aromatic carbocycles. The molecule has 8 heteroatoms. The van der Waals surface area contributed by atoms with Gasteiger partial charge in [0.15, 0.2) is 5.82 Å². The Morgan fingerprint density at radius 2 is 2.24 bits per heavy atom. The van der Waals surface area contributed by atoms with Crippen LogP contribution in [0, 0.1) is 6.92 Å². The van der Waals surface area contributed by atoms with Crippen LogP contribution in [-0.2, 0) is 7.05 Å². The van der Waals surface area contributed by atoms with Gasteiger partial charge in [-0.15, -0.1) is 15.3 Å². The van der Waals surface area contributed by atoms with E-state index in [9.17, 15) is 4.79 Å². The van der Waals surface area contributed by atoms with Gasteiger partial charge >= 0.3 is 0 Å². The van der Waals surface area contributed by atoms with Crippen LogP contribution in [0.5, 0.6) is 0 Å². The molecule has 21 heavy (non-hydrogen) atoms. The van der Waals surface area contributed by atoms with Crippen LogP contribution in [0.3, 0.4) is 0 Å². The van der Waals surface area contributed by atoms with Crippen LogP contribution in [-0.4, -0.2) is 35.9 Å². The smallest absolute Gasteiger partial charge is 0.295 e. The summed E-state index contributed by atoms with van der Waals surface area (Å²) in [6.45, 7) is 1.73. The molecule has 2 heterocycles. The molecule has 1 amide bonds. The summed E-state index contributed by atoms with van der Waals surface area (Å²) in [5.74, 6) is 1.05. The minimum absolute atomic E-state index is 0.108. The van der Waals surface area contributed by atoms with Crippen LogP contribution < -0.4 is 5.32 Å². The Hall–Kier alpha value is -3.03. The molecule has 2 N–H and O–H groups in total. The zero-order valence-electron chi connectivity index (χ0n) is 11.5. The minimum atomic E-state index is -0.366. The van der Waals surface area contributed by atoms with Crippen LogP contribution in [0.2, 0.25) is 0 Å². The van der Waals surface area contributed by atoms with E-state index in [1.54, 1.807) is 23.9 Å². The summed E-state index contributed by atoms with van der Waals surface area (Å²) >= 11 is 0. The average molecular weight is 283 g/mol. The van der Waals surface area contributed by atoms with Crippen molar-refractivity contribution in [1.29, 1.82) is 0 Å². The van der Waals surface area contributed by atoms with Crippen LogP contribution in [0.4, 0.5) is 5.69 Å². The van der Waals surface area contributed by atoms with Gasteiger partial charge in [0, 0.05) is 18.3 Å². The molecule has 0 bridgehead atoms. The Morgan fingerprint density at radius 3 is 2.90 bits per heavy atom. The Kier molecular flexibility index (Phi) is 3.19. The number of nitrogens with one attached hydrogen (secondary N) is 2. The number of aromatic amines is 1. The standard InChI is InChI=1S/C13H13N7O/c1-8-15-11(18-17-8)13(21)16-10-5-3-4-9(6-10)12-19-14-7-20(12)2/h3-7H,1-2H3,(H,16,21)(H,15,17,18). The quantitative estimate of drug-likeness (QED) is 0.751. The summed E-state index contributed by atoms with van der Waals surface area (Å²) in [7, 11) is 1.86. The fourth-order valence-corrected chi connectivity index (χ4v) is 1.91. The van der Waals surface area contributed by atoms with Gasteiger partial charge in [0.05, 0.1) is 0 Å². The molecule has 0 saturated carbocycles. The fraction of sp³-hybridized carbons (Fsp3) is 0.154. The summed E-state index contributed by atoms with van der Waals surface area (Å²) in [6, 6.07) is 7.35. The second kappa shape index (κ2) is 5.16. The number of H-pyrrole nitrogens is 1. The lowest BCUT2D eigenvalue weighted by molar-refractivity contribution is 0.101. The molecule has 3 rings (SSSR count). The van der Waals surface area contributed by atoms with Gasteiger partial charge < -0.3 is 9.88 Å². The van der Waals surface area contributed by atoms with Crippen molar-refractivity contribution < 1.29 is 4.79 Å². The van der Waals surface area contributed by atoms with Crippen molar-refractivity contribution in [2.45, 2.75) is 6.92 Å². The molecule has 0 radical (unpaired) electrons. The van der Waals surface area contributed by atoms with Gasteiger partial charge in [-0.1, -0.05) is 12.1 Å². The van der Waals surface area contributed by atoms with E-state index in [4.69, 9.17) is 0 Å². The minimum Gasteiger partial charge on any atom is -0.319 e. The molecule has 3 aromatic rings. The first-order valence-electron chi connectivity index (χ1n) is 6.28. The molecule has 0 unspecified atom stereocenters. The van der Waals surface area contributed by atoms with Gasteiger partial charge in [0.2, 0.25) is 5.82 Å². The number of anilines is 1. The number of nitrogens with zero attached hydrogens (tertiary/aromatic N) is 5. The lowest BCUT2D eigenvalue weighted by Gasteiger charge is -2.05. The highest BCUT2D eigenvalue weighted by Gasteiger charge is 2.12. The van der Waals surface area contributed by atoms with E-state index in [0.717, 1.165) is 11.4 Å². The van der Waals surface area contributed by atoms with E-state index < -0.39 is 0 Å². The van der Waals surface area contributed by atoms with E-state index >= 15 is 0 Å². The molecule has 8 nitrogen and oxygen atoms in total. The van der Waals surface area contributed by atoms with Crippen LogP contribution in [0.25, 0.3) is 11.4 Å². The van der Waals surface area contributed by atoms with Crippen molar-refractivity contribution in [3.8, 4) is 11.4 Å². The number of aryl methyl sites for hydroxylation is 2. The SMILES string of the molecule is Cc1nc(C(=O)Nc2cccc(-c3nncn3C)c2)n[nH]1. The molecule has 0 aliphatic heterocycles. The first-order chi connectivity index (χ1) is 10.1.